The van der Waals surface area contributed by atoms with Crippen LogP contribution in [0.25, 0.3) is 10.9 Å². The summed E-state index contributed by atoms with van der Waals surface area (Å²) < 4.78 is 6.47. The quantitative estimate of drug-likeness (QED) is 0.507. The van der Waals surface area contributed by atoms with E-state index in [1.165, 1.54) is 0 Å². The van der Waals surface area contributed by atoms with E-state index in [0.29, 0.717) is 5.56 Å². The molecule has 0 aliphatic rings. The second kappa shape index (κ2) is 5.60. The lowest BCUT2D eigenvalue weighted by atomic mass is 10.0. The third-order valence-electron chi connectivity index (χ3n) is 3.15. The number of thiocarbonyl (C=S) groups is 1. The summed E-state index contributed by atoms with van der Waals surface area (Å²) >= 11 is 5.26. The Morgan fingerprint density at radius 3 is 2.80 bits per heavy atom. The van der Waals surface area contributed by atoms with Crippen molar-refractivity contribution in [2.24, 2.45) is 12.8 Å². The Bertz CT molecular complexity index is 678. The van der Waals surface area contributed by atoms with Crippen molar-refractivity contribution in [2.75, 3.05) is 6.61 Å². The molecule has 20 heavy (non-hydrogen) atoms. The maximum atomic E-state index is 11.7. The van der Waals surface area contributed by atoms with Crippen LogP contribution in [0.4, 0.5) is 0 Å². The van der Waals surface area contributed by atoms with Gasteiger partial charge in [-0.2, -0.15) is 0 Å². The molecule has 1 atom stereocenters. The third-order valence-corrected chi connectivity index (χ3v) is 3.60. The fraction of sp³-hybridized carbons (Fsp3) is 0.286. The number of aryl methyl sites for hydroxylation is 1. The van der Waals surface area contributed by atoms with E-state index in [1.807, 2.05) is 24.3 Å². The molecule has 0 saturated carbocycles. The Morgan fingerprint density at radius 2 is 2.15 bits per heavy atom. The van der Waals surface area contributed by atoms with E-state index in [-0.39, 0.29) is 17.4 Å². The Balaban J connectivity index is 2.50. The largest absolute Gasteiger partial charge is 0.494 e. The molecule has 5 nitrogen and oxygen atoms in total. The van der Waals surface area contributed by atoms with E-state index in [4.69, 9.17) is 22.7 Å². The highest BCUT2D eigenvalue weighted by atomic mass is 32.1. The molecule has 0 spiro atoms. The Morgan fingerprint density at radius 1 is 1.50 bits per heavy atom. The van der Waals surface area contributed by atoms with Gasteiger partial charge in [-0.05, 0) is 13.0 Å². The van der Waals surface area contributed by atoms with Gasteiger partial charge in [0.15, 0.2) is 0 Å². The highest BCUT2D eigenvalue weighted by molar-refractivity contribution is 7.81. The number of para-hydroxylation sites is 1. The van der Waals surface area contributed by atoms with Crippen molar-refractivity contribution in [3.8, 4) is 5.88 Å². The zero-order valence-corrected chi connectivity index (χ0v) is 12.1. The van der Waals surface area contributed by atoms with Crippen LogP contribution in [0.3, 0.4) is 0 Å². The number of esters is 1. The van der Waals surface area contributed by atoms with Gasteiger partial charge in [0.05, 0.1) is 22.6 Å². The van der Waals surface area contributed by atoms with Crippen LogP contribution in [0.1, 0.15) is 12.5 Å². The summed E-state index contributed by atoms with van der Waals surface area (Å²) in [4.78, 5) is 11.9. The van der Waals surface area contributed by atoms with Gasteiger partial charge in [0.1, 0.15) is 6.04 Å². The number of rotatable bonds is 4. The first-order valence-corrected chi connectivity index (χ1v) is 6.62. The number of nitrogens with zero attached hydrogens (tertiary/aromatic N) is 1. The van der Waals surface area contributed by atoms with Crippen molar-refractivity contribution in [2.45, 2.75) is 13.0 Å². The molecule has 0 amide bonds. The molecule has 0 saturated heterocycles. The monoisotopic (exact) mass is 292 g/mol. The normalized spacial score (nSPS) is 12.3. The maximum Gasteiger partial charge on any atom is 0.328 e. The van der Waals surface area contributed by atoms with Gasteiger partial charge in [-0.1, -0.05) is 30.4 Å². The fourth-order valence-electron chi connectivity index (χ4n) is 2.12. The van der Waals surface area contributed by atoms with Gasteiger partial charge in [-0.15, -0.1) is 0 Å². The highest BCUT2D eigenvalue weighted by Crippen LogP contribution is 2.31. The maximum absolute atomic E-state index is 11.7. The second-order valence-electron chi connectivity index (χ2n) is 4.37. The third kappa shape index (κ3) is 2.28. The number of carbonyl (C=O) groups excluding carboxylic acids is 1. The van der Waals surface area contributed by atoms with Gasteiger partial charge in [-0.3, -0.25) is 0 Å². The predicted octanol–water partition coefficient (Wildman–Crippen LogP) is 1.49. The molecule has 2 aromatic rings. The smallest absolute Gasteiger partial charge is 0.328 e. The van der Waals surface area contributed by atoms with E-state index in [0.717, 1.165) is 10.9 Å². The van der Waals surface area contributed by atoms with Crippen LogP contribution in [0, 0.1) is 0 Å². The first-order valence-electron chi connectivity index (χ1n) is 6.21. The minimum absolute atomic E-state index is 0.00375. The molecule has 1 heterocycles. The molecule has 0 fully saturated rings. The number of fused-ring (bicyclic) bond motifs is 1. The SMILES string of the molecule is CCOC(=O)C(N)C(=S)c1c(O)n(C)c2ccccc12. The van der Waals surface area contributed by atoms with Gasteiger partial charge in [0.25, 0.3) is 0 Å². The number of carbonyl (C=O) groups is 1. The van der Waals surface area contributed by atoms with Crippen molar-refractivity contribution in [3.05, 3.63) is 29.8 Å². The molecule has 6 heteroatoms. The molecule has 1 aromatic heterocycles. The second-order valence-corrected chi connectivity index (χ2v) is 4.81. The van der Waals surface area contributed by atoms with Gasteiger partial charge in [0, 0.05) is 12.4 Å². The highest BCUT2D eigenvalue weighted by Gasteiger charge is 2.27. The number of benzene rings is 1. The first-order chi connectivity index (χ1) is 9.49. The standard InChI is InChI=1S/C14H16N2O3S/c1-3-19-14(18)11(15)12(20)10-8-6-4-5-7-9(8)16(2)13(10)17/h4-7,11,17H,3,15H2,1-2H3. The van der Waals surface area contributed by atoms with E-state index in [9.17, 15) is 9.90 Å². The van der Waals surface area contributed by atoms with Crippen LogP contribution in [0.2, 0.25) is 0 Å². The van der Waals surface area contributed by atoms with Gasteiger partial charge in [-0.25, -0.2) is 4.79 Å². The summed E-state index contributed by atoms with van der Waals surface area (Å²) in [5.74, 6) is -0.596. The molecule has 106 valence electrons. The topological polar surface area (TPSA) is 77.5 Å². The van der Waals surface area contributed by atoms with Crippen LogP contribution in [-0.4, -0.2) is 33.2 Å². The predicted molar refractivity (Wildman–Crippen MR) is 80.9 cm³/mol. The van der Waals surface area contributed by atoms with E-state index in [1.54, 1.807) is 18.5 Å². The first kappa shape index (κ1) is 14.5. The Labute approximate surface area is 121 Å². The number of hydrogen-bond acceptors (Lipinski definition) is 5. The minimum atomic E-state index is -1.07. The molecule has 1 aromatic carbocycles. The summed E-state index contributed by atoms with van der Waals surface area (Å²) in [6.45, 7) is 1.93. The zero-order valence-electron chi connectivity index (χ0n) is 11.3. The van der Waals surface area contributed by atoms with Crippen molar-refractivity contribution in [1.82, 2.24) is 4.57 Å². The molecule has 0 bridgehead atoms. The van der Waals surface area contributed by atoms with Crippen molar-refractivity contribution in [1.29, 1.82) is 0 Å². The van der Waals surface area contributed by atoms with Crippen molar-refractivity contribution < 1.29 is 14.6 Å². The molecule has 0 radical (unpaired) electrons. The number of hydrogen-bond donors (Lipinski definition) is 2. The summed E-state index contributed by atoms with van der Waals surface area (Å²) in [6.07, 6.45) is 0. The van der Waals surface area contributed by atoms with Gasteiger partial charge >= 0.3 is 5.97 Å². The van der Waals surface area contributed by atoms with Crippen molar-refractivity contribution >= 4 is 34.0 Å². The van der Waals surface area contributed by atoms with Crippen LogP contribution >= 0.6 is 12.2 Å². The van der Waals surface area contributed by atoms with Crippen LogP contribution < -0.4 is 5.73 Å². The van der Waals surface area contributed by atoms with Gasteiger partial charge in [0.2, 0.25) is 5.88 Å². The van der Waals surface area contributed by atoms with Gasteiger partial charge < -0.3 is 20.1 Å². The number of nitrogens with two attached hydrogens (primary N) is 1. The zero-order chi connectivity index (χ0) is 14.9. The average molecular weight is 292 g/mol. The summed E-state index contributed by atoms with van der Waals surface area (Å²) in [5.41, 5.74) is 7.05. The molecule has 2 rings (SSSR count). The molecular formula is C14H16N2O3S. The van der Waals surface area contributed by atoms with Crippen LogP contribution in [0.15, 0.2) is 24.3 Å². The van der Waals surface area contributed by atoms with Crippen molar-refractivity contribution in [3.63, 3.8) is 0 Å². The Hall–Kier alpha value is -1.92. The fourth-order valence-corrected chi connectivity index (χ4v) is 2.41. The molecule has 0 aliphatic heterocycles. The molecule has 1 unspecified atom stereocenters. The average Bonchev–Trinajstić information content (AvgIpc) is 2.70. The summed E-state index contributed by atoms with van der Waals surface area (Å²) in [6, 6.07) is 6.32. The minimum Gasteiger partial charge on any atom is -0.494 e. The van der Waals surface area contributed by atoms with E-state index >= 15 is 0 Å². The molecular weight excluding hydrogens is 276 g/mol. The van der Waals surface area contributed by atoms with E-state index in [2.05, 4.69) is 0 Å². The number of aromatic hydroxyl groups is 1. The lowest BCUT2D eigenvalue weighted by Gasteiger charge is -2.12. The van der Waals surface area contributed by atoms with Crippen LogP contribution in [0.5, 0.6) is 5.88 Å². The number of aromatic nitrogens is 1. The summed E-state index contributed by atoms with van der Waals surface area (Å²) in [5, 5.41) is 11.0. The molecule has 0 aliphatic carbocycles. The lowest BCUT2D eigenvalue weighted by Crippen LogP contribution is -2.39. The Kier molecular flexibility index (Phi) is 4.06. The van der Waals surface area contributed by atoms with E-state index < -0.39 is 12.0 Å². The number of ether oxygens (including phenoxy) is 1. The molecule has 3 N–H and O–H groups in total. The van der Waals surface area contributed by atoms with Crippen LogP contribution in [-0.2, 0) is 16.6 Å². The lowest BCUT2D eigenvalue weighted by molar-refractivity contribution is -0.142. The summed E-state index contributed by atoms with van der Waals surface area (Å²) in [7, 11) is 1.72.